The quantitative estimate of drug-likeness (QED) is 0.0158. The third-order valence-electron chi connectivity index (χ3n) is 11.3. The zero-order chi connectivity index (χ0) is 48.2. The van der Waals surface area contributed by atoms with Crippen molar-refractivity contribution in [2.75, 3.05) is 32.2 Å². The van der Waals surface area contributed by atoms with Crippen molar-refractivity contribution in [3.8, 4) is 5.75 Å². The van der Waals surface area contributed by atoms with E-state index < -0.39 is 32.5 Å². The summed E-state index contributed by atoms with van der Waals surface area (Å²) >= 11 is 0. The Kier molecular flexibility index (Phi) is 39.6. The molecule has 3 N–H and O–H groups in total. The van der Waals surface area contributed by atoms with Crippen molar-refractivity contribution in [2.45, 2.75) is 225 Å². The summed E-state index contributed by atoms with van der Waals surface area (Å²) in [5.74, 6) is -0.482. The number of hydrogen-bond donors (Lipinski definition) is 2. The number of anilines is 1. The van der Waals surface area contributed by atoms with E-state index in [2.05, 4.69) is 38.2 Å². The number of rotatable bonds is 47. The van der Waals surface area contributed by atoms with E-state index in [0.29, 0.717) is 42.5 Å². The van der Waals surface area contributed by atoms with E-state index in [1.807, 2.05) is 0 Å². The van der Waals surface area contributed by atoms with Gasteiger partial charge in [0, 0.05) is 43.0 Å². The van der Waals surface area contributed by atoms with Gasteiger partial charge in [-0.15, -0.1) is 0 Å². The number of hydrogen-bond acceptors (Lipinski definition) is 11. The number of allylic oxidation sites excluding steroid dienone is 4. The van der Waals surface area contributed by atoms with Crippen LogP contribution in [-0.4, -0.2) is 61.4 Å². The van der Waals surface area contributed by atoms with Gasteiger partial charge in [0.15, 0.2) is 12.4 Å². The van der Waals surface area contributed by atoms with E-state index in [9.17, 15) is 28.6 Å². The third-order valence-corrected chi connectivity index (χ3v) is 12.3. The molecule has 0 aromatic heterocycles. The molecule has 1 aromatic carbocycles. The number of phosphoric acid groups is 1. The minimum Gasteiger partial charge on any atom is -0.494 e. The maximum Gasteiger partial charge on any atom is 0.472 e. The second-order valence-corrected chi connectivity index (χ2v) is 19.0. The molecule has 0 radical (unpaired) electrons. The highest BCUT2D eigenvalue weighted by atomic mass is 31.2. The average molecular weight is 948 g/mol. The number of phosphoric ester groups is 1. The molecule has 0 aliphatic carbocycles. The van der Waals surface area contributed by atoms with Crippen molar-refractivity contribution in [3.05, 3.63) is 48.1 Å². The highest BCUT2D eigenvalue weighted by molar-refractivity contribution is 7.47. The number of unbranched alkanes of at least 4 members (excludes halogenated alkanes) is 22. The molecule has 2 atom stereocenters. The molecule has 1 aromatic rings. The van der Waals surface area contributed by atoms with Crippen molar-refractivity contribution in [1.29, 1.82) is 0 Å². The maximum atomic E-state index is 12.8. The number of nitrogen functional groups attached to an aromatic ring is 1. The Morgan fingerprint density at radius 3 is 1.56 bits per heavy atom. The molecule has 378 valence electrons. The molecule has 0 heterocycles. The molecule has 0 saturated heterocycles. The predicted molar refractivity (Wildman–Crippen MR) is 267 cm³/mol. The number of carbonyl (C=O) groups is 4. The number of esters is 2. The van der Waals surface area contributed by atoms with Crippen LogP contribution in [0, 0.1) is 0 Å². The van der Waals surface area contributed by atoms with Crippen LogP contribution in [0.5, 0.6) is 5.75 Å². The fourth-order valence-corrected chi connectivity index (χ4v) is 8.09. The second-order valence-electron chi connectivity index (χ2n) is 17.6. The van der Waals surface area contributed by atoms with E-state index in [1.165, 1.54) is 77.0 Å². The first-order valence-corrected chi connectivity index (χ1v) is 27.4. The summed E-state index contributed by atoms with van der Waals surface area (Å²) in [5, 5.41) is 0. The normalized spacial score (nSPS) is 13.0. The van der Waals surface area contributed by atoms with Gasteiger partial charge in [0.2, 0.25) is 0 Å². The molecule has 0 aliphatic rings. The predicted octanol–water partition coefficient (Wildman–Crippen LogP) is 14.3. The molecule has 0 bridgehead atoms. The van der Waals surface area contributed by atoms with E-state index in [0.717, 1.165) is 77.0 Å². The van der Waals surface area contributed by atoms with Crippen LogP contribution >= 0.6 is 7.82 Å². The SMILES string of the molecule is CCCCCCCC/C=C\CCCCCCCC(=O)OC[C@@H](COP(=O)(O)OCCCC(=O)CCCOc1ccc(C=O)c(N)c1)OC(=O)CCCCCCC/C=C\CCCCCCCC. The number of aldehydes is 1. The van der Waals surface area contributed by atoms with Crippen molar-refractivity contribution >= 4 is 37.5 Å². The van der Waals surface area contributed by atoms with Crippen LogP contribution in [0.4, 0.5) is 5.69 Å². The Morgan fingerprint density at radius 1 is 0.591 bits per heavy atom. The van der Waals surface area contributed by atoms with Gasteiger partial charge >= 0.3 is 19.8 Å². The lowest BCUT2D eigenvalue weighted by Crippen LogP contribution is -2.29. The zero-order valence-electron chi connectivity index (χ0n) is 41.2. The molecule has 13 heteroatoms. The highest BCUT2D eigenvalue weighted by Crippen LogP contribution is 2.43. The first-order chi connectivity index (χ1) is 32.1. The fraction of sp³-hybridized carbons (Fsp3) is 0.736. The Morgan fingerprint density at radius 2 is 1.06 bits per heavy atom. The van der Waals surface area contributed by atoms with Gasteiger partial charge < -0.3 is 24.8 Å². The largest absolute Gasteiger partial charge is 0.494 e. The van der Waals surface area contributed by atoms with Gasteiger partial charge in [-0.05, 0) is 89.2 Å². The van der Waals surface area contributed by atoms with Crippen LogP contribution in [0.25, 0.3) is 0 Å². The van der Waals surface area contributed by atoms with Crippen molar-refractivity contribution in [2.24, 2.45) is 0 Å². The minimum atomic E-state index is -4.57. The second kappa shape index (κ2) is 43.0. The van der Waals surface area contributed by atoms with Gasteiger partial charge in [-0.2, -0.15) is 0 Å². The lowest BCUT2D eigenvalue weighted by Gasteiger charge is -2.20. The van der Waals surface area contributed by atoms with E-state index in [4.69, 9.17) is 29.0 Å². The summed E-state index contributed by atoms with van der Waals surface area (Å²) in [4.78, 5) is 59.1. The van der Waals surface area contributed by atoms with Crippen LogP contribution < -0.4 is 10.5 Å². The molecule has 0 fully saturated rings. The Hall–Kier alpha value is -3.31. The summed E-state index contributed by atoms with van der Waals surface area (Å²) in [6, 6.07) is 4.75. The molecule has 0 saturated carbocycles. The van der Waals surface area contributed by atoms with Crippen molar-refractivity contribution in [1.82, 2.24) is 0 Å². The van der Waals surface area contributed by atoms with Crippen molar-refractivity contribution in [3.63, 3.8) is 0 Å². The molecule has 0 aliphatic heterocycles. The highest BCUT2D eigenvalue weighted by Gasteiger charge is 2.26. The van der Waals surface area contributed by atoms with Crippen LogP contribution in [-0.2, 0) is 37.5 Å². The number of ketones is 1. The van der Waals surface area contributed by atoms with Gasteiger partial charge in [-0.1, -0.05) is 141 Å². The van der Waals surface area contributed by atoms with E-state index in [-0.39, 0.29) is 57.7 Å². The van der Waals surface area contributed by atoms with Gasteiger partial charge in [0.05, 0.1) is 19.8 Å². The summed E-state index contributed by atoms with van der Waals surface area (Å²) < 4.78 is 39.6. The van der Waals surface area contributed by atoms with Crippen LogP contribution in [0.1, 0.15) is 230 Å². The molecule has 0 spiro atoms. The van der Waals surface area contributed by atoms with E-state index in [1.54, 1.807) is 18.2 Å². The maximum absolute atomic E-state index is 12.8. The van der Waals surface area contributed by atoms with Gasteiger partial charge in [-0.3, -0.25) is 28.2 Å². The van der Waals surface area contributed by atoms with Crippen molar-refractivity contribution < 1.29 is 51.9 Å². The average Bonchev–Trinajstić information content (AvgIpc) is 3.30. The van der Waals surface area contributed by atoms with Crippen LogP contribution in [0.15, 0.2) is 42.5 Å². The Balaban J connectivity index is 2.42. The Bertz CT molecular complexity index is 1500. The lowest BCUT2D eigenvalue weighted by molar-refractivity contribution is -0.161. The summed E-state index contributed by atoms with van der Waals surface area (Å²) in [7, 11) is -4.57. The molecule has 0 amide bonds. The van der Waals surface area contributed by atoms with Crippen LogP contribution in [0.3, 0.4) is 0 Å². The Labute approximate surface area is 399 Å². The monoisotopic (exact) mass is 948 g/mol. The van der Waals surface area contributed by atoms with Gasteiger partial charge in [0.25, 0.3) is 0 Å². The van der Waals surface area contributed by atoms with Gasteiger partial charge in [0.1, 0.15) is 18.1 Å². The van der Waals surface area contributed by atoms with Crippen LogP contribution in [0.2, 0.25) is 0 Å². The summed E-state index contributed by atoms with van der Waals surface area (Å²) in [5.41, 5.74) is 6.49. The zero-order valence-corrected chi connectivity index (χ0v) is 42.1. The summed E-state index contributed by atoms with van der Waals surface area (Å²) in [6.07, 6.45) is 40.0. The topological polar surface area (TPSA) is 178 Å². The number of Topliss-reactive ketones (excluding diaryl/α,β-unsaturated/α-hetero) is 1. The number of nitrogens with two attached hydrogens (primary N) is 1. The number of carbonyl (C=O) groups excluding carboxylic acids is 4. The smallest absolute Gasteiger partial charge is 0.472 e. The molecule has 12 nitrogen and oxygen atoms in total. The molecule has 1 unspecified atom stereocenters. The first kappa shape index (κ1) is 60.7. The molecule has 66 heavy (non-hydrogen) atoms. The molecular formula is C53H90NO11P. The third kappa shape index (κ3) is 37.7. The van der Waals surface area contributed by atoms with Gasteiger partial charge in [-0.25, -0.2) is 4.57 Å². The molecule has 1 rings (SSSR count). The number of benzene rings is 1. The minimum absolute atomic E-state index is 0.0616. The standard InChI is InChI=1S/C53H90NO11P/c1-3-5-7-9-11-13-15-17-19-21-23-25-27-29-31-37-52(57)62-45-50(65-53(58)38-32-30-28-26-24-22-20-18-16-14-12-10-8-6-4-2)46-64-66(59,60)63-42-34-36-48(56)35-33-41-61-49-40-39-47(44-55)51(54)43-49/h17-20,39-40,43-44,50H,3-16,21-38,41-42,45-46,54H2,1-2H3,(H,59,60)/b19-17-,20-18-/t50-/m0/s1. The number of ether oxygens (including phenoxy) is 3. The van der Waals surface area contributed by atoms with E-state index >= 15 is 0 Å². The first-order valence-electron chi connectivity index (χ1n) is 25.9. The summed E-state index contributed by atoms with van der Waals surface area (Å²) in [6.45, 7) is 3.74. The lowest BCUT2D eigenvalue weighted by atomic mass is 10.1. The fourth-order valence-electron chi connectivity index (χ4n) is 7.30. The molecular weight excluding hydrogens is 858 g/mol.